The molecule has 0 aromatic carbocycles. The number of rotatable bonds is 0. The van der Waals surface area contributed by atoms with Crippen molar-refractivity contribution in [3.63, 3.8) is 0 Å². The molecular weight excluding hydrogens is 217 g/mol. The van der Waals surface area contributed by atoms with Crippen LogP contribution in [0.25, 0.3) is 0 Å². The SMILES string of the molecule is CS(=O)(=O)O.F.[Pd]. The minimum atomic E-state index is -3.67. The second kappa shape index (κ2) is 4.66. The Balaban J connectivity index is -0.0000000800. The third-order valence-electron chi connectivity index (χ3n) is 0. The van der Waals surface area contributed by atoms with E-state index in [-0.39, 0.29) is 25.1 Å². The summed E-state index contributed by atoms with van der Waals surface area (Å²) < 4.78 is 25.9. The van der Waals surface area contributed by atoms with Gasteiger partial charge in [0, 0.05) is 20.4 Å². The summed E-state index contributed by atoms with van der Waals surface area (Å²) in [5, 5.41) is 0. The molecule has 0 saturated carbocycles. The minimum absolute atomic E-state index is 0. The number of halogens is 1. The molecule has 0 radical (unpaired) electrons. The van der Waals surface area contributed by atoms with Crippen LogP contribution in [0.5, 0.6) is 0 Å². The Bertz CT molecular complexity index is 98.1. The molecule has 1 N–H and O–H groups in total. The predicted molar refractivity (Wildman–Crippen MR) is 20.0 cm³/mol. The van der Waals surface area contributed by atoms with Gasteiger partial charge in [-0.1, -0.05) is 0 Å². The Morgan fingerprint density at radius 2 is 1.43 bits per heavy atom. The molecule has 0 aromatic rings. The van der Waals surface area contributed by atoms with E-state index >= 15 is 0 Å². The first-order valence-corrected chi connectivity index (χ1v) is 2.77. The van der Waals surface area contributed by atoms with E-state index in [4.69, 9.17) is 4.55 Å². The van der Waals surface area contributed by atoms with E-state index in [1.807, 2.05) is 0 Å². The van der Waals surface area contributed by atoms with Crippen molar-refractivity contribution in [1.82, 2.24) is 0 Å². The zero-order valence-corrected chi connectivity index (χ0v) is 5.77. The van der Waals surface area contributed by atoms with Crippen molar-refractivity contribution < 1.29 is 38.1 Å². The van der Waals surface area contributed by atoms with Crippen LogP contribution in [0.15, 0.2) is 0 Å². The first-order chi connectivity index (χ1) is 2.00. The molecule has 0 aromatic heterocycles. The van der Waals surface area contributed by atoms with E-state index in [0.717, 1.165) is 0 Å². The van der Waals surface area contributed by atoms with Gasteiger partial charge in [-0.3, -0.25) is 9.26 Å². The van der Waals surface area contributed by atoms with Gasteiger partial charge in [0.2, 0.25) is 0 Å². The molecule has 0 saturated heterocycles. The van der Waals surface area contributed by atoms with Gasteiger partial charge in [0.05, 0.1) is 6.26 Å². The van der Waals surface area contributed by atoms with Crippen molar-refractivity contribution >= 4 is 10.1 Å². The van der Waals surface area contributed by atoms with Gasteiger partial charge in [-0.25, -0.2) is 0 Å². The van der Waals surface area contributed by atoms with Crippen LogP contribution in [0, 0.1) is 0 Å². The summed E-state index contributed by atoms with van der Waals surface area (Å²) >= 11 is 0. The standard InChI is InChI=1S/CH4O3S.FH.Pd/c1-5(2,3)4;;/h1H3,(H,2,3,4);1H;. The molecule has 50 valence electrons. The van der Waals surface area contributed by atoms with Crippen LogP contribution in [0.4, 0.5) is 4.70 Å². The van der Waals surface area contributed by atoms with Crippen molar-refractivity contribution in [3.05, 3.63) is 0 Å². The van der Waals surface area contributed by atoms with Crippen LogP contribution in [-0.2, 0) is 30.5 Å². The fraction of sp³-hybridized carbons (Fsp3) is 1.00. The third-order valence-corrected chi connectivity index (χ3v) is 0. The fourth-order valence-electron chi connectivity index (χ4n) is 0. The van der Waals surface area contributed by atoms with Gasteiger partial charge in [-0.15, -0.1) is 0 Å². The molecule has 0 bridgehead atoms. The van der Waals surface area contributed by atoms with Crippen LogP contribution in [0.3, 0.4) is 0 Å². The van der Waals surface area contributed by atoms with Crippen LogP contribution >= 0.6 is 0 Å². The zero-order valence-electron chi connectivity index (χ0n) is 3.40. The summed E-state index contributed by atoms with van der Waals surface area (Å²) in [5.41, 5.74) is 0. The van der Waals surface area contributed by atoms with Gasteiger partial charge in [0.25, 0.3) is 10.1 Å². The molecule has 7 heavy (non-hydrogen) atoms. The fourth-order valence-corrected chi connectivity index (χ4v) is 0. The van der Waals surface area contributed by atoms with E-state index in [0.29, 0.717) is 6.26 Å². The van der Waals surface area contributed by atoms with Gasteiger partial charge in [-0.05, 0) is 0 Å². The average Bonchev–Trinajstić information content (AvgIpc) is 0.722. The molecular formula is CH5FO3PdS. The molecule has 0 aliphatic rings. The van der Waals surface area contributed by atoms with Crippen LogP contribution in [-0.4, -0.2) is 19.2 Å². The van der Waals surface area contributed by atoms with Gasteiger partial charge >= 0.3 is 0 Å². The molecule has 0 spiro atoms. The molecule has 0 heterocycles. The maximum Gasteiger partial charge on any atom is 0.261 e. The molecule has 0 aliphatic carbocycles. The molecule has 0 amide bonds. The van der Waals surface area contributed by atoms with E-state index < -0.39 is 10.1 Å². The second-order valence-corrected chi connectivity index (χ2v) is 2.20. The Hall–Kier alpha value is 0.502. The van der Waals surface area contributed by atoms with Crippen molar-refractivity contribution in [3.8, 4) is 0 Å². The van der Waals surface area contributed by atoms with Gasteiger partial charge in [0.15, 0.2) is 0 Å². The van der Waals surface area contributed by atoms with E-state index in [1.54, 1.807) is 0 Å². The third kappa shape index (κ3) is 522. The topological polar surface area (TPSA) is 54.4 Å². The molecule has 0 aliphatic heterocycles. The second-order valence-electron chi connectivity index (χ2n) is 0.733. The van der Waals surface area contributed by atoms with Gasteiger partial charge in [0.1, 0.15) is 0 Å². The summed E-state index contributed by atoms with van der Waals surface area (Å²) in [7, 11) is -3.67. The maximum absolute atomic E-state index is 9.19. The van der Waals surface area contributed by atoms with Crippen molar-refractivity contribution in [2.75, 3.05) is 6.26 Å². The Morgan fingerprint density at radius 3 is 1.43 bits per heavy atom. The van der Waals surface area contributed by atoms with E-state index in [2.05, 4.69) is 0 Å². The summed E-state index contributed by atoms with van der Waals surface area (Å²) in [6, 6.07) is 0. The Kier molecular flexibility index (Phi) is 10.4. The summed E-state index contributed by atoms with van der Waals surface area (Å²) in [5.74, 6) is 0. The normalized spacial score (nSPS) is 8.29. The van der Waals surface area contributed by atoms with Gasteiger partial charge < -0.3 is 0 Å². The predicted octanol–water partition coefficient (Wildman–Crippen LogP) is -0.346. The van der Waals surface area contributed by atoms with Crippen molar-refractivity contribution in [2.45, 2.75) is 0 Å². The van der Waals surface area contributed by atoms with E-state index in [9.17, 15) is 8.42 Å². The number of hydrogen-bond acceptors (Lipinski definition) is 2. The van der Waals surface area contributed by atoms with Crippen molar-refractivity contribution in [1.29, 1.82) is 0 Å². The quantitative estimate of drug-likeness (QED) is 0.450. The average molecular weight is 223 g/mol. The van der Waals surface area contributed by atoms with Gasteiger partial charge in [-0.2, -0.15) is 8.42 Å². The van der Waals surface area contributed by atoms with Crippen LogP contribution < -0.4 is 0 Å². The summed E-state index contributed by atoms with van der Waals surface area (Å²) in [6.45, 7) is 0. The first kappa shape index (κ1) is 15.6. The van der Waals surface area contributed by atoms with Crippen LogP contribution in [0.2, 0.25) is 0 Å². The first-order valence-electron chi connectivity index (χ1n) is 0.924. The molecule has 0 atom stereocenters. The van der Waals surface area contributed by atoms with Crippen LogP contribution in [0.1, 0.15) is 0 Å². The summed E-state index contributed by atoms with van der Waals surface area (Å²) in [4.78, 5) is 0. The molecule has 0 rings (SSSR count). The molecule has 3 nitrogen and oxygen atoms in total. The minimum Gasteiger partial charge on any atom is -0.286 e. The van der Waals surface area contributed by atoms with E-state index in [1.165, 1.54) is 0 Å². The Labute approximate surface area is 54.9 Å². The summed E-state index contributed by atoms with van der Waals surface area (Å²) in [6.07, 6.45) is 0.715. The smallest absolute Gasteiger partial charge is 0.261 e. The molecule has 0 unspecified atom stereocenters. The largest absolute Gasteiger partial charge is 0.286 e. The molecule has 6 heteroatoms. The maximum atomic E-state index is 9.19. The van der Waals surface area contributed by atoms with Crippen molar-refractivity contribution in [2.24, 2.45) is 0 Å². The number of hydrogen-bond donors (Lipinski definition) is 1. The Morgan fingerprint density at radius 1 is 1.43 bits per heavy atom. The molecule has 0 fully saturated rings. The monoisotopic (exact) mass is 222 g/mol. The zero-order chi connectivity index (χ0) is 4.50.